The van der Waals surface area contributed by atoms with Crippen molar-refractivity contribution in [3.05, 3.63) is 64.1 Å². The zero-order chi connectivity index (χ0) is 15.1. The molecule has 0 spiro atoms. The summed E-state index contributed by atoms with van der Waals surface area (Å²) < 4.78 is 6.65. The second-order valence-electron chi connectivity index (χ2n) is 4.76. The van der Waals surface area contributed by atoms with E-state index in [-0.39, 0.29) is 12.6 Å². The second kappa shape index (κ2) is 7.87. The van der Waals surface area contributed by atoms with Crippen LogP contribution in [-0.2, 0) is 6.54 Å². The van der Waals surface area contributed by atoms with Crippen LogP contribution in [0.4, 0.5) is 0 Å². The topological polar surface area (TPSA) is 21.3 Å². The fourth-order valence-corrected chi connectivity index (χ4v) is 2.48. The summed E-state index contributed by atoms with van der Waals surface area (Å²) in [5.41, 5.74) is 2.35. The van der Waals surface area contributed by atoms with Crippen LogP contribution >= 0.6 is 15.9 Å². The molecule has 2 aromatic carbocycles. The summed E-state index contributed by atoms with van der Waals surface area (Å²) in [6, 6.07) is 16.5. The molecule has 0 aliphatic rings. The van der Waals surface area contributed by atoms with Gasteiger partial charge in [-0.1, -0.05) is 52.2 Å². The maximum Gasteiger partial charge on any atom is 0.148 e. The van der Waals surface area contributed by atoms with Gasteiger partial charge in [-0.25, -0.2) is 0 Å². The van der Waals surface area contributed by atoms with Crippen molar-refractivity contribution in [2.24, 2.45) is 0 Å². The molecular formula is C18H18BrNO. The summed E-state index contributed by atoms with van der Waals surface area (Å²) in [6.45, 7) is 3.17. The Morgan fingerprint density at radius 1 is 1.24 bits per heavy atom. The van der Waals surface area contributed by atoms with Gasteiger partial charge in [-0.05, 0) is 30.7 Å². The lowest BCUT2D eigenvalue weighted by Gasteiger charge is -2.16. The summed E-state index contributed by atoms with van der Waals surface area (Å²) in [6.07, 6.45) is 5.24. The molecule has 0 aliphatic heterocycles. The van der Waals surface area contributed by atoms with E-state index < -0.39 is 0 Å². The lowest BCUT2D eigenvalue weighted by atomic mass is 10.1. The Balaban J connectivity index is 2.01. The highest BCUT2D eigenvalue weighted by atomic mass is 79.9. The zero-order valence-corrected chi connectivity index (χ0v) is 13.6. The van der Waals surface area contributed by atoms with Gasteiger partial charge >= 0.3 is 0 Å². The largest absolute Gasteiger partial charge is 0.481 e. The van der Waals surface area contributed by atoms with Gasteiger partial charge in [0.25, 0.3) is 0 Å². The fraction of sp³-hybridized carbons (Fsp3) is 0.222. The summed E-state index contributed by atoms with van der Waals surface area (Å²) in [7, 11) is 0. The van der Waals surface area contributed by atoms with E-state index >= 15 is 0 Å². The lowest BCUT2D eigenvalue weighted by Crippen LogP contribution is -2.18. The number of ether oxygens (including phenoxy) is 1. The van der Waals surface area contributed by atoms with Crippen molar-refractivity contribution < 1.29 is 4.74 Å². The number of nitrogens with one attached hydrogen (secondary N) is 1. The van der Waals surface area contributed by atoms with Crippen LogP contribution in [0.2, 0.25) is 0 Å². The quantitative estimate of drug-likeness (QED) is 0.789. The highest BCUT2D eigenvalue weighted by molar-refractivity contribution is 9.10. The van der Waals surface area contributed by atoms with Crippen molar-refractivity contribution in [1.29, 1.82) is 0 Å². The predicted octanol–water partition coefficient (Wildman–Crippen LogP) is 4.31. The number of hydrogen-bond acceptors (Lipinski definition) is 2. The van der Waals surface area contributed by atoms with Gasteiger partial charge in [-0.3, -0.25) is 0 Å². The van der Waals surface area contributed by atoms with Gasteiger partial charge in [-0.15, -0.1) is 6.42 Å². The van der Waals surface area contributed by atoms with E-state index in [1.54, 1.807) is 0 Å². The summed E-state index contributed by atoms with van der Waals surface area (Å²) in [5.74, 6) is 3.33. The van der Waals surface area contributed by atoms with Crippen LogP contribution < -0.4 is 10.1 Å². The van der Waals surface area contributed by atoms with E-state index in [1.165, 1.54) is 5.56 Å². The van der Waals surface area contributed by atoms with E-state index in [2.05, 4.69) is 46.2 Å². The number of terminal acetylenes is 1. The molecule has 0 amide bonds. The Bertz CT molecular complexity index is 633. The van der Waals surface area contributed by atoms with Gasteiger partial charge in [0.2, 0.25) is 0 Å². The standard InChI is InChI=1S/C18H18BrNO/c1-3-11-21-18-10-5-4-7-16(18)13-20-14(2)15-8-6-9-17(19)12-15/h1,4-10,12,14,20H,11,13H2,2H3. The maximum absolute atomic E-state index is 5.56. The van der Waals surface area contributed by atoms with E-state index in [0.29, 0.717) is 0 Å². The van der Waals surface area contributed by atoms with Crippen LogP contribution in [0.5, 0.6) is 5.75 Å². The zero-order valence-electron chi connectivity index (χ0n) is 12.0. The molecule has 0 aromatic heterocycles. The third-order valence-electron chi connectivity index (χ3n) is 3.23. The van der Waals surface area contributed by atoms with Crippen LogP contribution in [-0.4, -0.2) is 6.61 Å². The van der Waals surface area contributed by atoms with E-state index in [1.807, 2.05) is 36.4 Å². The number of halogens is 1. The van der Waals surface area contributed by atoms with Gasteiger partial charge < -0.3 is 10.1 Å². The van der Waals surface area contributed by atoms with Gasteiger partial charge in [0, 0.05) is 22.6 Å². The molecule has 0 fully saturated rings. The first kappa shape index (κ1) is 15.6. The van der Waals surface area contributed by atoms with Crippen LogP contribution in [0.1, 0.15) is 24.1 Å². The van der Waals surface area contributed by atoms with Crippen LogP contribution in [0.25, 0.3) is 0 Å². The number of hydrogen-bond donors (Lipinski definition) is 1. The molecule has 2 aromatic rings. The molecule has 0 radical (unpaired) electrons. The molecule has 0 heterocycles. The molecule has 0 aliphatic carbocycles. The summed E-state index contributed by atoms with van der Waals surface area (Å²) in [4.78, 5) is 0. The first-order valence-corrected chi connectivity index (χ1v) is 7.63. The van der Waals surface area contributed by atoms with Crippen molar-refractivity contribution in [3.63, 3.8) is 0 Å². The molecule has 108 valence electrons. The van der Waals surface area contributed by atoms with E-state index in [9.17, 15) is 0 Å². The summed E-state index contributed by atoms with van der Waals surface area (Å²) in [5, 5.41) is 3.51. The first-order chi connectivity index (χ1) is 10.2. The molecule has 2 nitrogen and oxygen atoms in total. The van der Waals surface area contributed by atoms with Crippen molar-refractivity contribution in [2.45, 2.75) is 19.5 Å². The second-order valence-corrected chi connectivity index (χ2v) is 5.67. The lowest BCUT2D eigenvalue weighted by molar-refractivity contribution is 0.364. The van der Waals surface area contributed by atoms with Crippen molar-refractivity contribution in [2.75, 3.05) is 6.61 Å². The fourth-order valence-electron chi connectivity index (χ4n) is 2.07. The number of para-hydroxylation sites is 1. The average Bonchev–Trinajstić information content (AvgIpc) is 2.51. The minimum absolute atomic E-state index is 0.253. The van der Waals surface area contributed by atoms with Gasteiger partial charge in [0.1, 0.15) is 12.4 Å². The minimum Gasteiger partial charge on any atom is -0.481 e. The molecule has 2 rings (SSSR count). The Morgan fingerprint density at radius 2 is 2.05 bits per heavy atom. The first-order valence-electron chi connectivity index (χ1n) is 6.83. The molecule has 1 atom stereocenters. The van der Waals surface area contributed by atoms with E-state index in [4.69, 9.17) is 11.2 Å². The monoisotopic (exact) mass is 343 g/mol. The third-order valence-corrected chi connectivity index (χ3v) is 3.72. The summed E-state index contributed by atoms with van der Waals surface area (Å²) >= 11 is 3.50. The van der Waals surface area contributed by atoms with Crippen molar-refractivity contribution >= 4 is 15.9 Å². The Morgan fingerprint density at radius 3 is 2.81 bits per heavy atom. The molecule has 21 heavy (non-hydrogen) atoms. The molecule has 0 saturated heterocycles. The third kappa shape index (κ3) is 4.63. The van der Waals surface area contributed by atoms with E-state index in [0.717, 1.165) is 22.3 Å². The SMILES string of the molecule is C#CCOc1ccccc1CNC(C)c1cccc(Br)c1. The van der Waals surface area contributed by atoms with Crippen LogP contribution in [0.15, 0.2) is 53.0 Å². The molecule has 0 saturated carbocycles. The average molecular weight is 344 g/mol. The Labute approximate surface area is 134 Å². The van der Waals surface area contributed by atoms with Crippen LogP contribution in [0.3, 0.4) is 0 Å². The minimum atomic E-state index is 0.253. The maximum atomic E-state index is 5.56. The predicted molar refractivity (Wildman–Crippen MR) is 90.2 cm³/mol. The van der Waals surface area contributed by atoms with Crippen LogP contribution in [0, 0.1) is 12.3 Å². The highest BCUT2D eigenvalue weighted by Crippen LogP contribution is 2.21. The number of rotatable bonds is 6. The van der Waals surface area contributed by atoms with Gasteiger partial charge in [0.15, 0.2) is 0 Å². The van der Waals surface area contributed by atoms with Crippen molar-refractivity contribution in [3.8, 4) is 18.1 Å². The van der Waals surface area contributed by atoms with Crippen molar-refractivity contribution in [1.82, 2.24) is 5.32 Å². The smallest absolute Gasteiger partial charge is 0.148 e. The Kier molecular flexibility index (Phi) is 5.86. The molecule has 1 unspecified atom stereocenters. The molecule has 3 heteroatoms. The normalized spacial score (nSPS) is 11.7. The highest BCUT2D eigenvalue weighted by Gasteiger charge is 2.07. The van der Waals surface area contributed by atoms with Gasteiger partial charge in [0.05, 0.1) is 0 Å². The molecular weight excluding hydrogens is 326 g/mol. The Hall–Kier alpha value is -1.76. The number of benzene rings is 2. The van der Waals surface area contributed by atoms with Gasteiger partial charge in [-0.2, -0.15) is 0 Å². The molecule has 1 N–H and O–H groups in total. The molecule has 0 bridgehead atoms.